The predicted octanol–water partition coefficient (Wildman–Crippen LogP) is 4.03. The maximum absolute atomic E-state index is 13.0. The van der Waals surface area contributed by atoms with Crippen molar-refractivity contribution in [3.05, 3.63) is 94.0 Å². The van der Waals surface area contributed by atoms with Crippen LogP contribution >= 0.6 is 11.6 Å². The summed E-state index contributed by atoms with van der Waals surface area (Å²) in [6.45, 7) is 3.83. The minimum atomic E-state index is -0.985. The fraction of sp³-hybridized carbons (Fsp3) is 0.393. The SMILES string of the molecule is CN(Cc1cncc(C(C)(C)O)c1)C(=O)c1ccc(C[C@@H]2CC[C@H]([C@H](O)c3ccc(Cl)nc3)N2)cc1. The van der Waals surface area contributed by atoms with Gasteiger partial charge in [0.15, 0.2) is 0 Å². The molecule has 3 aromatic rings. The third-order valence-electron chi connectivity index (χ3n) is 6.70. The van der Waals surface area contributed by atoms with E-state index in [4.69, 9.17) is 11.6 Å². The zero-order chi connectivity index (χ0) is 25.9. The first-order chi connectivity index (χ1) is 17.1. The van der Waals surface area contributed by atoms with Gasteiger partial charge in [-0.3, -0.25) is 9.78 Å². The number of halogens is 1. The molecule has 36 heavy (non-hydrogen) atoms. The Morgan fingerprint density at radius 2 is 1.89 bits per heavy atom. The van der Waals surface area contributed by atoms with Crippen LogP contribution in [-0.2, 0) is 18.6 Å². The topological polar surface area (TPSA) is 98.6 Å². The fourth-order valence-electron chi connectivity index (χ4n) is 4.60. The summed E-state index contributed by atoms with van der Waals surface area (Å²) in [7, 11) is 1.76. The summed E-state index contributed by atoms with van der Waals surface area (Å²) in [5.74, 6) is -0.0750. The number of benzene rings is 1. The second-order valence-electron chi connectivity index (χ2n) is 10.1. The average Bonchev–Trinajstić information content (AvgIpc) is 3.32. The van der Waals surface area contributed by atoms with Crippen LogP contribution in [0.2, 0.25) is 5.15 Å². The number of nitrogens with one attached hydrogen (secondary N) is 1. The zero-order valence-electron chi connectivity index (χ0n) is 20.9. The van der Waals surface area contributed by atoms with Crippen LogP contribution in [-0.4, -0.2) is 50.1 Å². The van der Waals surface area contributed by atoms with Crippen molar-refractivity contribution in [3.8, 4) is 0 Å². The van der Waals surface area contributed by atoms with Gasteiger partial charge in [0, 0.05) is 61.0 Å². The van der Waals surface area contributed by atoms with Crippen molar-refractivity contribution in [1.29, 1.82) is 0 Å². The highest BCUT2D eigenvalue weighted by Gasteiger charge is 2.30. The predicted molar refractivity (Wildman–Crippen MR) is 140 cm³/mol. The summed E-state index contributed by atoms with van der Waals surface area (Å²) in [5, 5.41) is 24.9. The van der Waals surface area contributed by atoms with Gasteiger partial charge in [-0.15, -0.1) is 0 Å². The van der Waals surface area contributed by atoms with Gasteiger partial charge in [-0.25, -0.2) is 4.98 Å². The number of carbonyl (C=O) groups is 1. The van der Waals surface area contributed by atoms with Gasteiger partial charge >= 0.3 is 0 Å². The molecule has 7 nitrogen and oxygen atoms in total. The molecule has 0 radical (unpaired) electrons. The Morgan fingerprint density at radius 3 is 2.56 bits per heavy atom. The standard InChI is InChI=1S/C28H33ClN4O3/c1-28(2,36)22-12-19(14-30-16-22)17-33(3)27(35)20-6-4-18(5-7-20)13-23-9-10-24(32-23)26(34)21-8-11-25(29)31-15-21/h4-8,11-12,14-16,23-24,26,32,34,36H,9-10,13,17H2,1-3H3/t23-,24+,26+/m0/s1. The lowest BCUT2D eigenvalue weighted by Crippen LogP contribution is -2.35. The molecule has 1 aliphatic rings. The van der Waals surface area contributed by atoms with Crippen molar-refractivity contribution in [3.63, 3.8) is 0 Å². The Hall–Kier alpha value is -2.84. The highest BCUT2D eigenvalue weighted by Crippen LogP contribution is 2.27. The molecule has 1 amide bonds. The summed E-state index contributed by atoms with van der Waals surface area (Å²) in [5.41, 5.74) is 3.10. The molecule has 0 saturated carbocycles. The molecule has 8 heteroatoms. The molecule has 0 bridgehead atoms. The van der Waals surface area contributed by atoms with Gasteiger partial charge in [0.2, 0.25) is 0 Å². The molecule has 1 fully saturated rings. The number of rotatable bonds is 8. The summed E-state index contributed by atoms with van der Waals surface area (Å²) in [6, 6.07) is 13.3. The van der Waals surface area contributed by atoms with Crippen molar-refractivity contribution in [2.24, 2.45) is 0 Å². The third-order valence-corrected chi connectivity index (χ3v) is 6.92. The van der Waals surface area contributed by atoms with Gasteiger partial charge in [0.05, 0.1) is 11.7 Å². The van der Waals surface area contributed by atoms with Crippen molar-refractivity contribution in [2.75, 3.05) is 7.05 Å². The highest BCUT2D eigenvalue weighted by molar-refractivity contribution is 6.29. The first-order valence-electron chi connectivity index (χ1n) is 12.2. The summed E-state index contributed by atoms with van der Waals surface area (Å²) >= 11 is 5.85. The second-order valence-corrected chi connectivity index (χ2v) is 10.5. The molecule has 3 atom stereocenters. The Morgan fingerprint density at radius 1 is 1.14 bits per heavy atom. The van der Waals surface area contributed by atoms with Gasteiger partial charge in [0.1, 0.15) is 5.15 Å². The molecule has 3 N–H and O–H groups in total. The van der Waals surface area contributed by atoms with Crippen LogP contribution in [0.1, 0.15) is 65.4 Å². The molecule has 1 saturated heterocycles. The maximum Gasteiger partial charge on any atom is 0.253 e. The summed E-state index contributed by atoms with van der Waals surface area (Å²) in [4.78, 5) is 22.9. The van der Waals surface area contributed by atoms with Crippen molar-refractivity contribution in [2.45, 2.75) is 63.4 Å². The van der Waals surface area contributed by atoms with E-state index < -0.39 is 11.7 Å². The van der Waals surface area contributed by atoms with Crippen molar-refractivity contribution >= 4 is 17.5 Å². The smallest absolute Gasteiger partial charge is 0.253 e. The highest BCUT2D eigenvalue weighted by atomic mass is 35.5. The largest absolute Gasteiger partial charge is 0.387 e. The number of hydrogen-bond acceptors (Lipinski definition) is 6. The maximum atomic E-state index is 13.0. The first kappa shape index (κ1) is 26.2. The minimum Gasteiger partial charge on any atom is -0.387 e. The van der Waals surface area contributed by atoms with E-state index in [1.165, 1.54) is 0 Å². The molecular formula is C28H33ClN4O3. The molecule has 2 aromatic heterocycles. The van der Waals surface area contributed by atoms with Crippen LogP contribution in [0.4, 0.5) is 0 Å². The molecule has 1 aromatic carbocycles. The number of nitrogens with zero attached hydrogens (tertiary/aromatic N) is 3. The van der Waals surface area contributed by atoms with Crippen LogP contribution in [0, 0.1) is 0 Å². The molecular weight excluding hydrogens is 476 g/mol. The Balaban J connectivity index is 1.32. The lowest BCUT2D eigenvalue weighted by atomic mass is 9.99. The van der Waals surface area contributed by atoms with Gasteiger partial charge in [-0.1, -0.05) is 29.8 Å². The van der Waals surface area contributed by atoms with E-state index in [0.29, 0.717) is 22.8 Å². The van der Waals surface area contributed by atoms with Gasteiger partial charge in [0.25, 0.3) is 5.91 Å². The van der Waals surface area contributed by atoms with Crippen LogP contribution in [0.25, 0.3) is 0 Å². The van der Waals surface area contributed by atoms with Crippen LogP contribution < -0.4 is 5.32 Å². The molecule has 190 valence electrons. The van der Waals surface area contributed by atoms with E-state index in [0.717, 1.165) is 36.0 Å². The van der Waals surface area contributed by atoms with Crippen LogP contribution in [0.15, 0.2) is 61.1 Å². The number of hydrogen-bond donors (Lipinski definition) is 3. The number of aromatic nitrogens is 2. The van der Waals surface area contributed by atoms with Crippen LogP contribution in [0.3, 0.4) is 0 Å². The van der Waals surface area contributed by atoms with Gasteiger partial charge < -0.3 is 20.4 Å². The Kier molecular flexibility index (Phi) is 8.05. The monoisotopic (exact) mass is 508 g/mol. The summed E-state index contributed by atoms with van der Waals surface area (Å²) in [6.07, 6.45) is 7.00. The Labute approximate surface area is 217 Å². The number of carbonyl (C=O) groups excluding carboxylic acids is 1. The second kappa shape index (κ2) is 11.0. The van der Waals surface area contributed by atoms with E-state index in [1.807, 2.05) is 36.4 Å². The molecule has 3 heterocycles. The molecule has 4 rings (SSSR count). The van der Waals surface area contributed by atoms with Crippen LogP contribution in [0.5, 0.6) is 0 Å². The lowest BCUT2D eigenvalue weighted by molar-refractivity contribution is 0.0774. The van der Waals surface area contributed by atoms with E-state index in [-0.39, 0.29) is 18.0 Å². The number of aliphatic hydroxyl groups is 2. The average molecular weight is 509 g/mol. The van der Waals surface area contributed by atoms with Crippen molar-refractivity contribution < 1.29 is 15.0 Å². The minimum absolute atomic E-state index is 0.0307. The van der Waals surface area contributed by atoms with Gasteiger partial charge in [-0.05, 0) is 68.5 Å². The lowest BCUT2D eigenvalue weighted by Gasteiger charge is -2.21. The van der Waals surface area contributed by atoms with Gasteiger partial charge in [-0.2, -0.15) is 0 Å². The molecule has 0 unspecified atom stereocenters. The third kappa shape index (κ3) is 6.48. The summed E-state index contributed by atoms with van der Waals surface area (Å²) < 4.78 is 0. The molecule has 1 aliphatic heterocycles. The van der Waals surface area contributed by atoms with Crippen molar-refractivity contribution in [1.82, 2.24) is 20.2 Å². The fourth-order valence-corrected chi connectivity index (χ4v) is 4.71. The van der Waals surface area contributed by atoms with E-state index in [9.17, 15) is 15.0 Å². The zero-order valence-corrected chi connectivity index (χ0v) is 21.6. The van der Waals surface area contributed by atoms with E-state index >= 15 is 0 Å². The van der Waals surface area contributed by atoms with E-state index in [2.05, 4.69) is 15.3 Å². The van der Waals surface area contributed by atoms with E-state index in [1.54, 1.807) is 50.5 Å². The molecule has 0 spiro atoms. The quantitative estimate of drug-likeness (QED) is 0.397. The first-order valence-corrected chi connectivity index (χ1v) is 12.5. The Bertz CT molecular complexity index is 1180. The number of pyridine rings is 2. The normalized spacial score (nSPS) is 18.7. The number of amides is 1. The molecule has 0 aliphatic carbocycles. The number of aliphatic hydroxyl groups excluding tert-OH is 1.